The minimum atomic E-state index is -8.91. The van der Waals surface area contributed by atoms with E-state index in [0.29, 0.717) is 0 Å². The van der Waals surface area contributed by atoms with Crippen molar-refractivity contribution in [1.29, 1.82) is 0 Å². The number of allylic oxidation sites excluding steroid dienone is 1. The van der Waals surface area contributed by atoms with E-state index in [0.717, 1.165) is 0 Å². The average molecular weight is 678 g/mol. The molecule has 0 aliphatic heterocycles. The molecule has 0 unspecified atom stereocenters. The number of benzene rings is 1. The van der Waals surface area contributed by atoms with Gasteiger partial charge in [-0.25, -0.2) is 26.3 Å². The van der Waals surface area contributed by atoms with Gasteiger partial charge in [0.1, 0.15) is 0 Å². The van der Waals surface area contributed by atoms with Gasteiger partial charge in [0.15, 0.2) is 29.1 Å². The number of hydrogen-bond acceptors (Lipinski definition) is 2. The third kappa shape index (κ3) is 5.32. The molecule has 0 aliphatic carbocycles. The summed E-state index contributed by atoms with van der Waals surface area (Å²) in [5, 5.41) is 8.38. The van der Waals surface area contributed by atoms with Crippen LogP contribution in [0.25, 0.3) is 5.83 Å². The molecule has 0 atom stereocenters. The molecule has 0 radical (unpaired) electrons. The van der Waals surface area contributed by atoms with Crippen LogP contribution in [0.5, 0.6) is 0 Å². The van der Waals surface area contributed by atoms with Crippen LogP contribution in [0.15, 0.2) is 5.83 Å². The van der Waals surface area contributed by atoms with Gasteiger partial charge in [-0.05, 0) is 5.05 Å². The fourth-order valence-electron chi connectivity index (χ4n) is 2.38. The van der Waals surface area contributed by atoms with E-state index in [2.05, 4.69) is 12.2 Å². The van der Waals surface area contributed by atoms with Gasteiger partial charge < -0.3 is 5.11 Å². The molecule has 0 aromatic heterocycles. The minimum absolute atomic E-state index is 0. The van der Waals surface area contributed by atoms with Gasteiger partial charge in [0.2, 0.25) is 5.83 Å². The van der Waals surface area contributed by atoms with Crippen molar-refractivity contribution in [3.63, 3.8) is 0 Å². The number of hydrogen-bond donors (Lipinski definition) is 0. The van der Waals surface area contributed by atoms with Crippen LogP contribution in [0.1, 0.15) is 11.1 Å². The van der Waals surface area contributed by atoms with E-state index < -0.39 is 92.8 Å². The van der Waals surface area contributed by atoms with Crippen LogP contribution in [0.3, 0.4) is 0 Å². The van der Waals surface area contributed by atoms with Crippen molar-refractivity contribution < 1.29 is 149 Å². The van der Waals surface area contributed by atoms with Crippen LogP contribution in [0.2, 0.25) is 0 Å². The molecule has 0 amide bonds. The molecule has 1 aromatic rings. The van der Waals surface area contributed by atoms with E-state index in [1.54, 1.807) is 0 Å². The van der Waals surface area contributed by atoms with Gasteiger partial charge >= 0.3 is 93.1 Å². The van der Waals surface area contributed by atoms with Crippen molar-refractivity contribution in [1.82, 2.24) is 0 Å². The van der Waals surface area contributed by atoms with Gasteiger partial charge in [-0.15, -0.1) is 0 Å². The van der Waals surface area contributed by atoms with Gasteiger partial charge in [-0.3, -0.25) is 0 Å². The Morgan fingerprint density at radius 1 is 0.500 bits per heavy atom. The Balaban J connectivity index is 0.0000152. The van der Waals surface area contributed by atoms with Gasteiger partial charge in [0.25, 0.3) is 0 Å². The Bertz CT molecular complexity index is 1200. The van der Waals surface area contributed by atoms with Crippen molar-refractivity contribution in [2.24, 2.45) is 0 Å². The Labute approximate surface area is 252 Å². The van der Waals surface area contributed by atoms with Crippen molar-refractivity contribution in [3.8, 4) is 0 Å². The van der Waals surface area contributed by atoms with E-state index in [-0.39, 0.29) is 51.4 Å². The maximum atomic E-state index is 14.1. The van der Waals surface area contributed by atoms with Crippen LogP contribution in [0, 0.1) is 23.3 Å². The summed E-state index contributed by atoms with van der Waals surface area (Å²) in [6.45, 7) is 0. The molecule has 224 valence electrons. The molecule has 1 nitrogen and oxygen atoms in total. The third-order valence-electron chi connectivity index (χ3n) is 4.49. The molecule has 0 fully saturated rings. The molecule has 1 rings (SSSR count). The monoisotopic (exact) mass is 678 g/mol. The minimum Gasteiger partial charge on any atom is -0.864 e. The third-order valence-corrected chi connectivity index (χ3v) is 4.69. The first kappa shape index (κ1) is 39.0. The van der Waals surface area contributed by atoms with Crippen molar-refractivity contribution in [2.75, 3.05) is 0 Å². The second-order valence-corrected chi connectivity index (χ2v) is 7.24. The molecule has 0 spiro atoms. The van der Waals surface area contributed by atoms with Crippen molar-refractivity contribution >= 4 is 23.1 Å². The topological polar surface area (TPSA) is 23.1 Å². The molecule has 0 aliphatic rings. The molecule has 0 bridgehead atoms. The van der Waals surface area contributed by atoms with E-state index >= 15 is 0 Å². The first-order valence-electron chi connectivity index (χ1n) is 8.38. The molecular formula is C16F21KOS. The fraction of sp³-hybridized carbons (Fsp3) is 0.438. The van der Waals surface area contributed by atoms with Crippen LogP contribution in [0.4, 0.5) is 92.2 Å². The molecule has 0 saturated heterocycles. The molecule has 24 heteroatoms. The van der Waals surface area contributed by atoms with Gasteiger partial charge in [0.05, 0.1) is 5.56 Å². The molecule has 0 saturated carbocycles. The summed E-state index contributed by atoms with van der Waals surface area (Å²) in [6, 6.07) is 0. The maximum absolute atomic E-state index is 14.1. The number of alkyl halides is 15. The van der Waals surface area contributed by atoms with Gasteiger partial charge in [-0.2, -0.15) is 65.9 Å². The SMILES string of the molecule is [K+].[O-]C(=S)c1c(F)c(F)c(F)c(F)c1C(F)=C(F)C(F)(F)C(F)(F)C(F)(F)C(F)(F)C(F)(F)C(F)(F)C(F)(F)F. The molecule has 40 heavy (non-hydrogen) atoms. The van der Waals surface area contributed by atoms with Crippen LogP contribution in [-0.4, -0.2) is 46.8 Å². The standard InChI is InChI=1S/C16HF21OS.K/c17-3-1(2(9(38)39)4(18)7(21)6(3)20)5(19)8(22)10(23,24)11(25,26)12(27,28)13(29,30)14(31,32)15(33,34)16(35,36)37;/h(H,38,39);/q;+1/p-1. The van der Waals surface area contributed by atoms with Crippen LogP contribution in [-0.2, 0) is 0 Å². The average Bonchev–Trinajstić information content (AvgIpc) is 2.76. The van der Waals surface area contributed by atoms with E-state index in [4.69, 9.17) is 0 Å². The molecule has 0 N–H and O–H groups in total. The normalized spacial score (nSPS) is 15.0. The quantitative estimate of drug-likeness (QED) is 0.135. The zero-order valence-corrected chi connectivity index (χ0v) is 21.7. The largest absolute Gasteiger partial charge is 1.00 e. The molecular weight excluding hydrogens is 678 g/mol. The Kier molecular flexibility index (Phi) is 11.0. The maximum Gasteiger partial charge on any atom is 1.00 e. The first-order valence-corrected chi connectivity index (χ1v) is 8.79. The number of rotatable bonds is 8. The predicted octanol–water partition coefficient (Wildman–Crippen LogP) is 4.26. The van der Waals surface area contributed by atoms with Crippen LogP contribution >= 0.6 is 12.2 Å². The molecule has 1 aromatic carbocycles. The number of thiocarbonyl (C=S) groups is 1. The summed E-state index contributed by atoms with van der Waals surface area (Å²) in [4.78, 5) is 0. The Morgan fingerprint density at radius 3 is 1.12 bits per heavy atom. The smallest absolute Gasteiger partial charge is 0.864 e. The second kappa shape index (κ2) is 11.3. The summed E-state index contributed by atoms with van der Waals surface area (Å²) in [6.07, 6.45) is -7.95. The van der Waals surface area contributed by atoms with E-state index in [9.17, 15) is 97.3 Å². The van der Waals surface area contributed by atoms with E-state index in [1.807, 2.05) is 0 Å². The van der Waals surface area contributed by atoms with Crippen LogP contribution < -0.4 is 56.5 Å². The Hall–Kier alpha value is -0.984. The second-order valence-electron chi connectivity index (χ2n) is 6.87. The fourth-order valence-corrected chi connectivity index (χ4v) is 2.57. The first-order chi connectivity index (χ1) is 16.9. The summed E-state index contributed by atoms with van der Waals surface area (Å²) in [7, 11) is 0. The Morgan fingerprint density at radius 2 is 0.800 bits per heavy atom. The molecule has 0 heterocycles. The summed E-state index contributed by atoms with van der Waals surface area (Å²) in [5.41, 5.74) is -6.13. The summed E-state index contributed by atoms with van der Waals surface area (Å²) >= 11 is 3.52. The van der Waals surface area contributed by atoms with Crippen molar-refractivity contribution in [2.45, 2.75) is 41.7 Å². The van der Waals surface area contributed by atoms with Crippen molar-refractivity contribution in [3.05, 3.63) is 40.2 Å². The van der Waals surface area contributed by atoms with Gasteiger partial charge in [-0.1, -0.05) is 12.2 Å². The van der Waals surface area contributed by atoms with Gasteiger partial charge in [0, 0.05) is 5.56 Å². The summed E-state index contributed by atoms with van der Waals surface area (Å²) < 4.78 is 279. The van der Waals surface area contributed by atoms with E-state index in [1.165, 1.54) is 0 Å². The zero-order valence-electron chi connectivity index (χ0n) is 17.8. The number of halogens is 21. The summed E-state index contributed by atoms with van der Waals surface area (Å²) in [5.74, 6) is -74.3. The predicted molar refractivity (Wildman–Crippen MR) is 82.8 cm³/mol. The zero-order chi connectivity index (χ0) is 31.7.